The third-order valence-corrected chi connectivity index (χ3v) is 4.90. The lowest BCUT2D eigenvalue weighted by Gasteiger charge is -2.10. The molecule has 0 spiro atoms. The molecule has 0 saturated carbocycles. The van der Waals surface area contributed by atoms with E-state index in [9.17, 15) is 23.3 Å². The third-order valence-electron chi connectivity index (χ3n) is 4.72. The van der Waals surface area contributed by atoms with Crippen LogP contribution in [0.3, 0.4) is 0 Å². The molecule has 3 aromatic rings. The lowest BCUT2D eigenvalue weighted by molar-refractivity contribution is -0.384. The van der Waals surface area contributed by atoms with Gasteiger partial charge in [0.2, 0.25) is 11.1 Å². The number of alkyl halides is 3. The molecule has 1 aromatic carbocycles. The Morgan fingerprint density at radius 1 is 1.30 bits per heavy atom. The van der Waals surface area contributed by atoms with Crippen LogP contribution < -0.4 is 5.32 Å². The predicted octanol–water partition coefficient (Wildman–Crippen LogP) is 4.48. The molecule has 1 aliphatic rings. The fourth-order valence-corrected chi connectivity index (χ4v) is 3.50. The maximum absolute atomic E-state index is 13.0. The molecule has 0 fully saturated rings. The second-order valence-corrected chi connectivity index (χ2v) is 7.06. The molecule has 0 saturated heterocycles. The van der Waals surface area contributed by atoms with Crippen molar-refractivity contribution in [3.8, 4) is 11.4 Å². The molecule has 4 rings (SSSR count). The SMILES string of the molecule is O=[N+]([O-])c1cnc(Cl)nc1NCc1ccc2c(c1)CCCn1cc(C(F)(F)F)nc1-2. The number of nitro groups is 1. The van der Waals surface area contributed by atoms with Crippen molar-refractivity contribution in [2.75, 3.05) is 5.32 Å². The van der Waals surface area contributed by atoms with E-state index >= 15 is 0 Å². The number of benzene rings is 1. The fraction of sp³-hybridized carbons (Fsp3) is 0.278. The quantitative estimate of drug-likeness (QED) is 0.366. The van der Waals surface area contributed by atoms with Crippen LogP contribution in [-0.4, -0.2) is 24.4 Å². The summed E-state index contributed by atoms with van der Waals surface area (Å²) in [5.74, 6) is 0.271. The van der Waals surface area contributed by atoms with Gasteiger partial charge in [-0.25, -0.2) is 9.97 Å². The Kier molecular flexibility index (Phi) is 5.06. The van der Waals surface area contributed by atoms with Crippen molar-refractivity contribution in [1.82, 2.24) is 19.5 Å². The van der Waals surface area contributed by atoms with E-state index in [2.05, 4.69) is 20.3 Å². The number of hydrogen-bond acceptors (Lipinski definition) is 6. The molecule has 0 aliphatic carbocycles. The first kappa shape index (κ1) is 20.1. The highest BCUT2D eigenvalue weighted by molar-refractivity contribution is 6.28. The molecule has 0 atom stereocenters. The van der Waals surface area contributed by atoms with Gasteiger partial charge in [0.05, 0.1) is 4.92 Å². The number of aryl methyl sites for hydroxylation is 2. The van der Waals surface area contributed by atoms with Gasteiger partial charge in [-0.3, -0.25) is 10.1 Å². The first-order valence-electron chi connectivity index (χ1n) is 8.89. The minimum atomic E-state index is -4.50. The summed E-state index contributed by atoms with van der Waals surface area (Å²) in [6, 6.07) is 5.31. The van der Waals surface area contributed by atoms with Crippen LogP contribution in [0.25, 0.3) is 11.4 Å². The molecule has 3 heterocycles. The Morgan fingerprint density at radius 2 is 2.10 bits per heavy atom. The Labute approximate surface area is 172 Å². The molecular formula is C18H14ClF3N6O2. The van der Waals surface area contributed by atoms with Crippen LogP contribution in [0.1, 0.15) is 23.2 Å². The standard InChI is InChI=1S/C18H14ClF3N6O2/c19-17-24-8-13(28(29)30)15(26-17)23-7-10-3-4-12-11(6-10)2-1-5-27-9-14(18(20,21)22)25-16(12)27/h3-4,6,8-9H,1-2,5,7H2,(H,23,24,26). The van der Waals surface area contributed by atoms with Gasteiger partial charge in [-0.15, -0.1) is 0 Å². The molecule has 2 aromatic heterocycles. The Balaban J connectivity index is 1.61. The van der Waals surface area contributed by atoms with E-state index in [-0.39, 0.29) is 29.2 Å². The topological polar surface area (TPSA) is 98.8 Å². The molecule has 1 aliphatic heterocycles. The molecule has 0 amide bonds. The number of fused-ring (bicyclic) bond motifs is 3. The lowest BCUT2D eigenvalue weighted by atomic mass is 10.0. The molecule has 0 bridgehead atoms. The first-order chi connectivity index (χ1) is 14.2. The summed E-state index contributed by atoms with van der Waals surface area (Å²) in [7, 11) is 0. The van der Waals surface area contributed by atoms with Gasteiger partial charge in [0.15, 0.2) is 5.69 Å². The highest BCUT2D eigenvalue weighted by Gasteiger charge is 2.35. The zero-order valence-electron chi connectivity index (χ0n) is 15.3. The summed E-state index contributed by atoms with van der Waals surface area (Å²) in [4.78, 5) is 21.8. The van der Waals surface area contributed by atoms with E-state index < -0.39 is 16.8 Å². The molecule has 0 unspecified atom stereocenters. The van der Waals surface area contributed by atoms with Crippen molar-refractivity contribution in [1.29, 1.82) is 0 Å². The Morgan fingerprint density at radius 3 is 2.83 bits per heavy atom. The van der Waals surface area contributed by atoms with Crippen LogP contribution in [0, 0.1) is 10.1 Å². The molecule has 1 N–H and O–H groups in total. The summed E-state index contributed by atoms with van der Waals surface area (Å²) in [5, 5.41) is 13.9. The Hall–Kier alpha value is -3.21. The highest BCUT2D eigenvalue weighted by atomic mass is 35.5. The van der Waals surface area contributed by atoms with Gasteiger partial charge in [-0.05, 0) is 35.6 Å². The van der Waals surface area contributed by atoms with Crippen molar-refractivity contribution in [3.05, 3.63) is 62.8 Å². The van der Waals surface area contributed by atoms with E-state index in [1.807, 2.05) is 6.07 Å². The minimum Gasteiger partial charge on any atom is -0.360 e. The second-order valence-electron chi connectivity index (χ2n) is 6.72. The van der Waals surface area contributed by atoms with Crippen molar-refractivity contribution >= 4 is 23.1 Å². The number of nitrogens with zero attached hydrogens (tertiary/aromatic N) is 5. The number of halogens is 4. The van der Waals surface area contributed by atoms with E-state index in [0.29, 0.717) is 24.9 Å². The number of nitrogens with one attached hydrogen (secondary N) is 1. The van der Waals surface area contributed by atoms with Gasteiger partial charge in [-0.1, -0.05) is 18.2 Å². The molecule has 0 radical (unpaired) electrons. The van der Waals surface area contributed by atoms with Gasteiger partial charge in [0.25, 0.3) is 0 Å². The molecule has 12 heteroatoms. The van der Waals surface area contributed by atoms with Crippen LogP contribution in [0.4, 0.5) is 24.7 Å². The number of aromatic nitrogens is 4. The fourth-order valence-electron chi connectivity index (χ4n) is 3.36. The normalized spacial score (nSPS) is 13.3. The number of imidazole rings is 1. The number of hydrogen-bond donors (Lipinski definition) is 1. The van der Waals surface area contributed by atoms with Gasteiger partial charge in [0.1, 0.15) is 12.0 Å². The summed E-state index contributed by atoms with van der Waals surface area (Å²) in [6.45, 7) is 0.649. The van der Waals surface area contributed by atoms with Crippen LogP contribution in [0.15, 0.2) is 30.6 Å². The Bertz CT molecular complexity index is 1130. The maximum atomic E-state index is 13.0. The number of anilines is 1. The number of rotatable bonds is 4. The highest BCUT2D eigenvalue weighted by Crippen LogP contribution is 2.34. The van der Waals surface area contributed by atoms with Gasteiger partial charge in [-0.2, -0.15) is 18.2 Å². The van der Waals surface area contributed by atoms with Crippen molar-refractivity contribution < 1.29 is 18.1 Å². The van der Waals surface area contributed by atoms with E-state index in [1.165, 1.54) is 4.57 Å². The minimum absolute atomic E-state index is 0.0136. The first-order valence-corrected chi connectivity index (χ1v) is 9.27. The average molecular weight is 439 g/mol. The lowest BCUT2D eigenvalue weighted by Crippen LogP contribution is -2.06. The predicted molar refractivity (Wildman–Crippen MR) is 102 cm³/mol. The summed E-state index contributed by atoms with van der Waals surface area (Å²) in [5.41, 5.74) is 1.07. The molecule has 156 valence electrons. The molecule has 30 heavy (non-hydrogen) atoms. The average Bonchev–Trinajstić information content (AvgIpc) is 3.03. The van der Waals surface area contributed by atoms with E-state index in [4.69, 9.17) is 11.6 Å². The smallest absolute Gasteiger partial charge is 0.360 e. The maximum Gasteiger partial charge on any atom is 0.434 e. The van der Waals surface area contributed by atoms with Crippen LogP contribution >= 0.6 is 11.6 Å². The van der Waals surface area contributed by atoms with Gasteiger partial charge in [0, 0.05) is 24.8 Å². The summed E-state index contributed by atoms with van der Waals surface area (Å²) in [6.07, 6.45) is -1.10. The van der Waals surface area contributed by atoms with Crippen LogP contribution in [-0.2, 0) is 25.7 Å². The largest absolute Gasteiger partial charge is 0.434 e. The third kappa shape index (κ3) is 3.92. The van der Waals surface area contributed by atoms with Crippen LogP contribution in [0.5, 0.6) is 0 Å². The van der Waals surface area contributed by atoms with E-state index in [1.54, 1.807) is 12.1 Å². The molecular weight excluding hydrogens is 425 g/mol. The molecule has 8 nitrogen and oxygen atoms in total. The van der Waals surface area contributed by atoms with Crippen molar-refractivity contribution in [2.24, 2.45) is 0 Å². The van der Waals surface area contributed by atoms with Crippen LogP contribution in [0.2, 0.25) is 5.28 Å². The summed E-state index contributed by atoms with van der Waals surface area (Å²) >= 11 is 5.72. The monoisotopic (exact) mass is 438 g/mol. The van der Waals surface area contributed by atoms with E-state index in [0.717, 1.165) is 23.5 Å². The van der Waals surface area contributed by atoms with Crippen molar-refractivity contribution in [2.45, 2.75) is 32.1 Å². The zero-order valence-corrected chi connectivity index (χ0v) is 16.0. The summed E-state index contributed by atoms with van der Waals surface area (Å²) < 4.78 is 40.7. The van der Waals surface area contributed by atoms with Gasteiger partial charge >= 0.3 is 11.9 Å². The van der Waals surface area contributed by atoms with Gasteiger partial charge < -0.3 is 9.88 Å². The zero-order chi connectivity index (χ0) is 21.5. The second kappa shape index (κ2) is 7.56. The van der Waals surface area contributed by atoms with Crippen molar-refractivity contribution in [3.63, 3.8) is 0 Å².